The molecule has 11 nitrogen and oxygen atoms in total. The summed E-state index contributed by atoms with van der Waals surface area (Å²) in [6.07, 6.45) is 6.46. The number of nitrogens with one attached hydrogen (secondary N) is 1. The first-order valence-electron chi connectivity index (χ1n) is 10.2. The second-order valence-corrected chi connectivity index (χ2v) is 9.93. The minimum Gasteiger partial charge on any atom is -0.472 e. The Labute approximate surface area is 181 Å². The number of piperidine rings is 1. The van der Waals surface area contributed by atoms with Crippen molar-refractivity contribution in [2.24, 2.45) is 7.05 Å². The van der Waals surface area contributed by atoms with Crippen LogP contribution in [-0.4, -0.2) is 82.7 Å². The number of likely N-dealkylation sites (tertiary alicyclic amines) is 1. The molecule has 0 amide bonds. The van der Waals surface area contributed by atoms with E-state index in [2.05, 4.69) is 31.4 Å². The highest BCUT2D eigenvalue weighted by Crippen LogP contribution is 2.24. The molecule has 4 rings (SSSR count). The van der Waals surface area contributed by atoms with E-state index in [1.54, 1.807) is 7.05 Å². The highest BCUT2D eigenvalue weighted by Gasteiger charge is 2.31. The third-order valence-corrected chi connectivity index (χ3v) is 7.46. The smallest absolute Gasteiger partial charge is 0.246 e. The maximum Gasteiger partial charge on any atom is 0.246 e. The van der Waals surface area contributed by atoms with Gasteiger partial charge in [0.1, 0.15) is 22.6 Å². The van der Waals surface area contributed by atoms with Gasteiger partial charge in [0.25, 0.3) is 0 Å². The third kappa shape index (κ3) is 4.79. The number of hydrogen-bond acceptors (Lipinski definition) is 9. The van der Waals surface area contributed by atoms with Crippen LogP contribution >= 0.6 is 0 Å². The van der Waals surface area contributed by atoms with Gasteiger partial charge in [-0.2, -0.15) is 19.6 Å². The van der Waals surface area contributed by atoms with Crippen molar-refractivity contribution in [2.45, 2.75) is 36.3 Å². The van der Waals surface area contributed by atoms with Gasteiger partial charge in [-0.3, -0.25) is 4.68 Å². The zero-order valence-electron chi connectivity index (χ0n) is 17.6. The van der Waals surface area contributed by atoms with Gasteiger partial charge in [-0.05, 0) is 26.3 Å². The molecule has 1 atom stereocenters. The Kier molecular flexibility index (Phi) is 6.08. The van der Waals surface area contributed by atoms with Gasteiger partial charge in [-0.1, -0.05) is 0 Å². The molecule has 0 aliphatic carbocycles. The van der Waals surface area contributed by atoms with Crippen LogP contribution < -0.4 is 10.1 Å². The lowest BCUT2D eigenvalue weighted by Gasteiger charge is -2.31. The summed E-state index contributed by atoms with van der Waals surface area (Å²) < 4.78 is 34.4. The number of aromatic nitrogens is 4. The molecule has 2 fully saturated rings. The quantitative estimate of drug-likeness (QED) is 0.671. The van der Waals surface area contributed by atoms with Crippen LogP contribution in [0, 0.1) is 11.3 Å². The van der Waals surface area contributed by atoms with Gasteiger partial charge in [0, 0.05) is 45.5 Å². The molecule has 2 aromatic rings. The largest absolute Gasteiger partial charge is 0.472 e. The van der Waals surface area contributed by atoms with E-state index in [0.717, 1.165) is 19.5 Å². The number of aryl methyl sites for hydroxylation is 1. The van der Waals surface area contributed by atoms with Crippen molar-refractivity contribution >= 4 is 16.0 Å². The monoisotopic (exact) mass is 446 g/mol. The normalized spacial score (nSPS) is 21.1. The summed E-state index contributed by atoms with van der Waals surface area (Å²) in [6.45, 7) is 2.52. The van der Waals surface area contributed by atoms with E-state index in [-0.39, 0.29) is 22.9 Å². The van der Waals surface area contributed by atoms with Crippen molar-refractivity contribution in [1.82, 2.24) is 29.0 Å². The topological polar surface area (TPSA) is 129 Å². The van der Waals surface area contributed by atoms with Crippen LogP contribution in [0.4, 0.5) is 5.95 Å². The highest BCUT2D eigenvalue weighted by atomic mass is 32.2. The van der Waals surface area contributed by atoms with Crippen LogP contribution in [0.15, 0.2) is 23.5 Å². The van der Waals surface area contributed by atoms with Gasteiger partial charge in [0.2, 0.25) is 21.9 Å². The van der Waals surface area contributed by atoms with E-state index >= 15 is 0 Å². The Bertz CT molecular complexity index is 1070. The van der Waals surface area contributed by atoms with E-state index in [9.17, 15) is 13.7 Å². The van der Waals surface area contributed by atoms with E-state index in [1.807, 2.05) is 7.05 Å². The first-order chi connectivity index (χ1) is 14.8. The molecular weight excluding hydrogens is 420 g/mol. The fourth-order valence-corrected chi connectivity index (χ4v) is 5.31. The molecule has 0 spiro atoms. The molecule has 2 aliphatic rings. The molecule has 166 valence electrons. The van der Waals surface area contributed by atoms with E-state index in [0.29, 0.717) is 37.4 Å². The fourth-order valence-electron chi connectivity index (χ4n) is 3.86. The zero-order chi connectivity index (χ0) is 22.0. The van der Waals surface area contributed by atoms with Crippen molar-refractivity contribution in [2.75, 3.05) is 38.5 Å². The van der Waals surface area contributed by atoms with Crippen LogP contribution in [0.25, 0.3) is 0 Å². The van der Waals surface area contributed by atoms with Crippen LogP contribution in [0.1, 0.15) is 24.8 Å². The average Bonchev–Trinajstić information content (AvgIpc) is 3.37. The molecule has 12 heteroatoms. The van der Waals surface area contributed by atoms with E-state index in [4.69, 9.17) is 4.74 Å². The zero-order valence-corrected chi connectivity index (χ0v) is 18.4. The second kappa shape index (κ2) is 8.78. The predicted octanol–water partition coefficient (Wildman–Crippen LogP) is 0.430. The first-order valence-corrected chi connectivity index (χ1v) is 11.7. The molecular formula is C19H26N8O3S. The molecule has 31 heavy (non-hydrogen) atoms. The van der Waals surface area contributed by atoms with Gasteiger partial charge in [0.15, 0.2) is 0 Å². The van der Waals surface area contributed by atoms with Gasteiger partial charge in [-0.25, -0.2) is 13.4 Å². The number of likely N-dealkylation sites (N-methyl/N-ethyl adjacent to an activating group) is 1. The lowest BCUT2D eigenvalue weighted by molar-refractivity contribution is 0.199. The Balaban J connectivity index is 1.38. The molecule has 0 aromatic carbocycles. The second-order valence-electron chi connectivity index (χ2n) is 7.99. The van der Waals surface area contributed by atoms with Crippen molar-refractivity contribution in [3.63, 3.8) is 0 Å². The first kappa shape index (κ1) is 21.5. The molecule has 4 heterocycles. The fraction of sp³-hybridized carbons (Fsp3) is 0.579. The number of ether oxygens (including phenoxy) is 1. The van der Waals surface area contributed by atoms with Crippen LogP contribution in [0.5, 0.6) is 5.88 Å². The number of sulfonamides is 1. The van der Waals surface area contributed by atoms with Gasteiger partial charge < -0.3 is 15.0 Å². The van der Waals surface area contributed by atoms with Crippen LogP contribution in [-0.2, 0) is 17.1 Å². The number of nitrogens with zero attached hydrogens (tertiary/aromatic N) is 7. The Morgan fingerprint density at radius 1 is 1.19 bits per heavy atom. The summed E-state index contributed by atoms with van der Waals surface area (Å²) in [5.74, 6) is 0.672. The number of hydrogen-bond donors (Lipinski definition) is 1. The maximum atomic E-state index is 12.7. The van der Waals surface area contributed by atoms with Crippen molar-refractivity contribution in [3.05, 3.63) is 24.2 Å². The molecule has 2 saturated heterocycles. The summed E-state index contributed by atoms with van der Waals surface area (Å²) in [4.78, 5) is 11.0. The maximum absolute atomic E-state index is 12.7. The molecule has 2 aromatic heterocycles. The molecule has 0 radical (unpaired) electrons. The standard InChI is InChI=1S/C19H26N8O3S/c1-25-6-5-16(12-25)30-18-14(9-20)10-21-19(24-18)23-15-3-7-27(8-4-15)31(28,29)17-11-22-26(2)13-17/h10-11,13,15-16H,3-8,12H2,1-2H3,(H,21,23,24)/t16-/m0/s1. The van der Waals surface area contributed by atoms with E-state index in [1.165, 1.54) is 27.6 Å². The summed E-state index contributed by atoms with van der Waals surface area (Å²) in [5, 5.41) is 16.6. The van der Waals surface area contributed by atoms with Gasteiger partial charge >= 0.3 is 0 Å². The minimum absolute atomic E-state index is 0.000715. The number of nitriles is 1. The Morgan fingerprint density at radius 2 is 1.97 bits per heavy atom. The lowest BCUT2D eigenvalue weighted by atomic mass is 10.1. The average molecular weight is 447 g/mol. The molecule has 1 N–H and O–H groups in total. The Hall–Kier alpha value is -2.75. The van der Waals surface area contributed by atoms with Crippen LogP contribution in [0.3, 0.4) is 0 Å². The van der Waals surface area contributed by atoms with Gasteiger partial charge in [-0.15, -0.1) is 0 Å². The molecule has 0 bridgehead atoms. The Morgan fingerprint density at radius 3 is 2.58 bits per heavy atom. The van der Waals surface area contributed by atoms with E-state index < -0.39 is 10.0 Å². The number of anilines is 1. The lowest BCUT2D eigenvalue weighted by Crippen LogP contribution is -2.42. The summed E-state index contributed by atoms with van der Waals surface area (Å²) >= 11 is 0. The van der Waals surface area contributed by atoms with Crippen molar-refractivity contribution in [3.8, 4) is 11.9 Å². The van der Waals surface area contributed by atoms with Crippen LogP contribution in [0.2, 0.25) is 0 Å². The molecule has 0 saturated carbocycles. The third-order valence-electron chi connectivity index (χ3n) is 5.61. The molecule has 2 aliphatic heterocycles. The summed E-state index contributed by atoms with van der Waals surface area (Å²) in [6, 6.07) is 2.11. The van der Waals surface area contributed by atoms with Gasteiger partial charge in [0.05, 0.1) is 12.4 Å². The highest BCUT2D eigenvalue weighted by molar-refractivity contribution is 7.89. The van der Waals surface area contributed by atoms with Crippen molar-refractivity contribution in [1.29, 1.82) is 5.26 Å². The molecule has 0 unspecified atom stereocenters. The summed E-state index contributed by atoms with van der Waals surface area (Å²) in [7, 11) is 0.180. The summed E-state index contributed by atoms with van der Waals surface area (Å²) in [5.41, 5.74) is 0.303. The van der Waals surface area contributed by atoms with Crippen molar-refractivity contribution < 1.29 is 13.2 Å². The predicted molar refractivity (Wildman–Crippen MR) is 112 cm³/mol. The number of rotatable bonds is 6. The SMILES string of the molecule is CN1CC[C@H](Oc2nc(NC3CCN(S(=O)(=O)c4cnn(C)c4)CC3)ncc2C#N)C1. The minimum atomic E-state index is -3.54.